The molecule has 0 aromatic heterocycles. The molecule has 3 nitrogen and oxygen atoms in total. The maximum atomic E-state index is 11.5. The van der Waals surface area contributed by atoms with Gasteiger partial charge in [0.2, 0.25) is 5.91 Å². The maximum absolute atomic E-state index is 11.5. The molecule has 1 saturated carbocycles. The molecule has 16 heavy (non-hydrogen) atoms. The maximum Gasteiger partial charge on any atom is 0.234 e. The first-order valence-electron chi connectivity index (χ1n) is 6.14. The van der Waals surface area contributed by atoms with E-state index in [1.54, 1.807) is 6.08 Å². The molecule has 2 N–H and O–H groups in total. The Morgan fingerprint density at radius 1 is 1.44 bits per heavy atom. The number of nitrogens with one attached hydrogen (secondary N) is 2. The number of hydrogen-bond donors (Lipinski definition) is 2. The summed E-state index contributed by atoms with van der Waals surface area (Å²) in [6.45, 7) is 9.28. The van der Waals surface area contributed by atoms with E-state index in [0.29, 0.717) is 24.5 Å². The first-order chi connectivity index (χ1) is 7.53. The lowest BCUT2D eigenvalue weighted by Gasteiger charge is -2.34. The lowest BCUT2D eigenvalue weighted by atomic mass is 9.75. The fourth-order valence-corrected chi connectivity index (χ4v) is 2.11. The van der Waals surface area contributed by atoms with Gasteiger partial charge in [-0.2, -0.15) is 0 Å². The van der Waals surface area contributed by atoms with Crippen LogP contribution in [0.2, 0.25) is 0 Å². The fraction of sp³-hybridized carbons (Fsp3) is 0.769. The van der Waals surface area contributed by atoms with Crippen molar-refractivity contribution in [3.05, 3.63) is 12.7 Å². The summed E-state index contributed by atoms with van der Waals surface area (Å²) in [5, 5.41) is 6.09. The van der Waals surface area contributed by atoms with Crippen LogP contribution < -0.4 is 10.6 Å². The van der Waals surface area contributed by atoms with Gasteiger partial charge < -0.3 is 10.6 Å². The van der Waals surface area contributed by atoms with E-state index in [4.69, 9.17) is 0 Å². The molecule has 0 heterocycles. The summed E-state index contributed by atoms with van der Waals surface area (Å²) in [6.07, 6.45) is 6.40. The van der Waals surface area contributed by atoms with Crippen LogP contribution in [-0.2, 0) is 4.79 Å². The molecule has 3 heteroatoms. The molecule has 0 aromatic rings. The highest BCUT2D eigenvalue weighted by Crippen LogP contribution is 2.34. The number of carbonyl (C=O) groups excluding carboxylic acids is 1. The van der Waals surface area contributed by atoms with Gasteiger partial charge >= 0.3 is 0 Å². The molecule has 0 bridgehead atoms. The topological polar surface area (TPSA) is 41.1 Å². The minimum Gasteiger partial charge on any atom is -0.352 e. The Bertz CT molecular complexity index is 238. The molecule has 0 atom stereocenters. The molecule has 92 valence electrons. The molecule has 0 saturated heterocycles. The van der Waals surface area contributed by atoms with Crippen LogP contribution in [0.5, 0.6) is 0 Å². The number of amides is 1. The second kappa shape index (κ2) is 6.04. The van der Waals surface area contributed by atoms with Crippen LogP contribution in [0, 0.1) is 5.41 Å². The molecule has 1 aliphatic carbocycles. The summed E-state index contributed by atoms with van der Waals surface area (Å²) in [7, 11) is 0. The van der Waals surface area contributed by atoms with Gasteiger partial charge in [0.05, 0.1) is 6.54 Å². The van der Waals surface area contributed by atoms with Gasteiger partial charge in [-0.3, -0.25) is 4.79 Å². The second-order valence-electron chi connectivity index (χ2n) is 5.43. The molecule has 1 aliphatic rings. The lowest BCUT2D eigenvalue weighted by molar-refractivity contribution is -0.121. The molecule has 0 aromatic carbocycles. The Kier molecular flexibility index (Phi) is 5.00. The molecular weight excluding hydrogens is 200 g/mol. The van der Waals surface area contributed by atoms with Gasteiger partial charge in [0.15, 0.2) is 0 Å². The first-order valence-corrected chi connectivity index (χ1v) is 6.14. The SMILES string of the molecule is C=CCNCC(=O)NC1CCC(C)(C)CC1. The summed E-state index contributed by atoms with van der Waals surface area (Å²) < 4.78 is 0. The summed E-state index contributed by atoms with van der Waals surface area (Å²) in [4.78, 5) is 11.5. The van der Waals surface area contributed by atoms with Gasteiger partial charge in [-0.15, -0.1) is 6.58 Å². The highest BCUT2D eigenvalue weighted by molar-refractivity contribution is 5.78. The van der Waals surface area contributed by atoms with Crippen molar-refractivity contribution in [1.29, 1.82) is 0 Å². The van der Waals surface area contributed by atoms with E-state index in [2.05, 4.69) is 31.1 Å². The smallest absolute Gasteiger partial charge is 0.234 e. The van der Waals surface area contributed by atoms with Gasteiger partial charge in [-0.1, -0.05) is 19.9 Å². The van der Waals surface area contributed by atoms with E-state index < -0.39 is 0 Å². The molecular formula is C13H24N2O. The van der Waals surface area contributed by atoms with Gasteiger partial charge in [0.1, 0.15) is 0 Å². The summed E-state index contributed by atoms with van der Waals surface area (Å²) >= 11 is 0. The van der Waals surface area contributed by atoms with E-state index in [9.17, 15) is 4.79 Å². The first kappa shape index (κ1) is 13.2. The molecule has 0 aliphatic heterocycles. The van der Waals surface area contributed by atoms with Crippen molar-refractivity contribution in [2.45, 2.75) is 45.6 Å². The van der Waals surface area contributed by atoms with E-state index in [0.717, 1.165) is 12.8 Å². The predicted octanol–water partition coefficient (Wildman–Crippen LogP) is 1.85. The Morgan fingerprint density at radius 2 is 2.06 bits per heavy atom. The summed E-state index contributed by atoms with van der Waals surface area (Å²) in [5.74, 6) is 0.103. The third-order valence-electron chi connectivity index (χ3n) is 3.28. The van der Waals surface area contributed by atoms with Crippen LogP contribution in [0.1, 0.15) is 39.5 Å². The van der Waals surface area contributed by atoms with Crippen molar-refractivity contribution < 1.29 is 4.79 Å². The third-order valence-corrected chi connectivity index (χ3v) is 3.28. The molecule has 1 rings (SSSR count). The number of carbonyl (C=O) groups is 1. The van der Waals surface area contributed by atoms with Crippen molar-refractivity contribution in [1.82, 2.24) is 10.6 Å². The monoisotopic (exact) mass is 224 g/mol. The standard InChI is InChI=1S/C13H24N2O/c1-4-9-14-10-12(16)15-11-5-7-13(2,3)8-6-11/h4,11,14H,1,5-10H2,2-3H3,(H,15,16). The average Bonchev–Trinajstić information content (AvgIpc) is 2.22. The molecule has 0 radical (unpaired) electrons. The molecule has 1 fully saturated rings. The van der Waals surface area contributed by atoms with Crippen molar-refractivity contribution in [3.8, 4) is 0 Å². The van der Waals surface area contributed by atoms with E-state index in [1.807, 2.05) is 0 Å². The fourth-order valence-electron chi connectivity index (χ4n) is 2.11. The number of rotatable bonds is 5. The largest absolute Gasteiger partial charge is 0.352 e. The van der Waals surface area contributed by atoms with Crippen molar-refractivity contribution in [2.24, 2.45) is 5.41 Å². The lowest BCUT2D eigenvalue weighted by Crippen LogP contribution is -2.43. The van der Waals surface area contributed by atoms with Crippen molar-refractivity contribution in [3.63, 3.8) is 0 Å². The third kappa shape index (κ3) is 4.79. The van der Waals surface area contributed by atoms with Gasteiger partial charge in [0.25, 0.3) is 0 Å². The minimum absolute atomic E-state index is 0.103. The zero-order valence-corrected chi connectivity index (χ0v) is 10.5. The van der Waals surface area contributed by atoms with Crippen molar-refractivity contribution >= 4 is 5.91 Å². The van der Waals surface area contributed by atoms with E-state index >= 15 is 0 Å². The summed E-state index contributed by atoms with van der Waals surface area (Å²) in [5.41, 5.74) is 0.461. The minimum atomic E-state index is 0.103. The van der Waals surface area contributed by atoms with E-state index in [1.165, 1.54) is 12.8 Å². The molecule has 0 unspecified atom stereocenters. The highest BCUT2D eigenvalue weighted by atomic mass is 16.1. The van der Waals surface area contributed by atoms with Crippen LogP contribution in [0.15, 0.2) is 12.7 Å². The second-order valence-corrected chi connectivity index (χ2v) is 5.43. The normalized spacial score (nSPS) is 20.4. The van der Waals surface area contributed by atoms with Crippen LogP contribution in [0.3, 0.4) is 0 Å². The number of hydrogen-bond acceptors (Lipinski definition) is 2. The Hall–Kier alpha value is -0.830. The van der Waals surface area contributed by atoms with Crippen LogP contribution in [0.25, 0.3) is 0 Å². The highest BCUT2D eigenvalue weighted by Gasteiger charge is 2.27. The molecule has 0 spiro atoms. The average molecular weight is 224 g/mol. The van der Waals surface area contributed by atoms with Crippen molar-refractivity contribution in [2.75, 3.05) is 13.1 Å². The van der Waals surface area contributed by atoms with Gasteiger partial charge in [0, 0.05) is 12.6 Å². The van der Waals surface area contributed by atoms with Gasteiger partial charge in [-0.05, 0) is 31.1 Å². The predicted molar refractivity (Wildman–Crippen MR) is 67.2 cm³/mol. The Labute approximate surface area is 98.7 Å². The van der Waals surface area contributed by atoms with Crippen LogP contribution in [-0.4, -0.2) is 25.0 Å². The van der Waals surface area contributed by atoms with Crippen LogP contribution in [0.4, 0.5) is 0 Å². The van der Waals surface area contributed by atoms with Crippen LogP contribution >= 0.6 is 0 Å². The zero-order valence-electron chi connectivity index (χ0n) is 10.5. The van der Waals surface area contributed by atoms with E-state index in [-0.39, 0.29) is 5.91 Å². The quantitative estimate of drug-likeness (QED) is 0.553. The Balaban J connectivity index is 2.18. The summed E-state index contributed by atoms with van der Waals surface area (Å²) in [6, 6.07) is 0.381. The Morgan fingerprint density at radius 3 is 2.62 bits per heavy atom. The zero-order chi connectivity index (χ0) is 12.0. The molecule has 1 amide bonds. The van der Waals surface area contributed by atoms with Gasteiger partial charge in [-0.25, -0.2) is 0 Å².